The molecule has 0 amide bonds. The molecule has 1 aromatic rings. The number of aryl methyl sites for hydroxylation is 1. The molecule has 0 saturated carbocycles. The molecule has 3 atom stereocenters. The molecular weight excluding hydrogens is 228 g/mol. The van der Waals surface area contributed by atoms with Gasteiger partial charge < -0.3 is 14.6 Å². The summed E-state index contributed by atoms with van der Waals surface area (Å²) >= 11 is 0. The van der Waals surface area contributed by atoms with Crippen molar-refractivity contribution < 1.29 is 14.6 Å². The molecule has 0 bridgehead atoms. The van der Waals surface area contributed by atoms with Gasteiger partial charge in [-0.3, -0.25) is 14.3 Å². The van der Waals surface area contributed by atoms with Crippen LogP contribution in [0, 0.1) is 6.92 Å². The minimum Gasteiger partial charge on any atom is -0.388 e. The van der Waals surface area contributed by atoms with Crippen molar-refractivity contribution >= 4 is 0 Å². The fraction of sp³-hybridized carbons (Fsp3) is 0.600. The Kier molecular flexibility index (Phi) is 3.14. The van der Waals surface area contributed by atoms with Gasteiger partial charge in [-0.05, 0) is 6.92 Å². The van der Waals surface area contributed by atoms with Gasteiger partial charge in [-0.25, -0.2) is 4.79 Å². The van der Waals surface area contributed by atoms with Gasteiger partial charge in [-0.15, -0.1) is 0 Å². The lowest BCUT2D eigenvalue weighted by atomic mass is 10.2. The van der Waals surface area contributed by atoms with Crippen molar-refractivity contribution in [2.75, 3.05) is 7.11 Å². The number of hydrogen-bond donors (Lipinski definition) is 2. The highest BCUT2D eigenvalue weighted by atomic mass is 16.7. The second-order valence-corrected chi connectivity index (χ2v) is 3.97. The number of nitrogens with zero attached hydrogens (tertiary/aromatic N) is 1. The summed E-state index contributed by atoms with van der Waals surface area (Å²) < 4.78 is 11.5. The average molecular weight is 242 g/mol. The Bertz CT molecular complexity index is 520. The van der Waals surface area contributed by atoms with Gasteiger partial charge in [-0.2, -0.15) is 0 Å². The Labute approximate surface area is 96.6 Å². The number of aliphatic hydroxyl groups excluding tert-OH is 1. The second kappa shape index (κ2) is 4.44. The number of methoxy groups -OCH3 is 1. The van der Waals surface area contributed by atoms with Crippen LogP contribution in [0.25, 0.3) is 0 Å². The van der Waals surface area contributed by atoms with Crippen LogP contribution in [0.3, 0.4) is 0 Å². The normalized spacial score (nSPS) is 28.5. The van der Waals surface area contributed by atoms with Crippen LogP contribution in [0.15, 0.2) is 15.8 Å². The predicted octanol–water partition coefficient (Wildman–Crippen LogP) is -0.903. The first-order chi connectivity index (χ1) is 8.02. The number of aromatic amines is 1. The van der Waals surface area contributed by atoms with Gasteiger partial charge in [-0.1, -0.05) is 0 Å². The molecule has 2 rings (SSSR count). The Morgan fingerprint density at radius 1 is 1.59 bits per heavy atom. The summed E-state index contributed by atoms with van der Waals surface area (Å²) in [5, 5.41) is 9.77. The number of aliphatic hydroxyl groups is 1. The molecule has 0 radical (unpaired) electrons. The zero-order valence-electron chi connectivity index (χ0n) is 9.54. The van der Waals surface area contributed by atoms with Crippen LogP contribution in [0.4, 0.5) is 0 Å². The molecule has 94 valence electrons. The first-order valence-corrected chi connectivity index (χ1v) is 5.21. The van der Waals surface area contributed by atoms with Crippen LogP contribution in [-0.2, 0) is 9.47 Å². The molecule has 1 aliphatic heterocycles. The smallest absolute Gasteiger partial charge is 0.330 e. The van der Waals surface area contributed by atoms with Gasteiger partial charge in [0.25, 0.3) is 5.56 Å². The molecule has 2 N–H and O–H groups in total. The highest BCUT2D eigenvalue weighted by molar-refractivity contribution is 5.02. The highest BCUT2D eigenvalue weighted by Crippen LogP contribution is 2.27. The maximum absolute atomic E-state index is 11.6. The molecule has 1 unspecified atom stereocenters. The molecule has 0 spiro atoms. The lowest BCUT2D eigenvalue weighted by molar-refractivity contribution is -0.140. The van der Waals surface area contributed by atoms with Gasteiger partial charge in [0.2, 0.25) is 0 Å². The summed E-state index contributed by atoms with van der Waals surface area (Å²) in [6.07, 6.45) is -0.570. The molecule has 7 heteroatoms. The molecule has 1 aromatic heterocycles. The maximum Gasteiger partial charge on any atom is 0.330 e. The fourth-order valence-electron chi connectivity index (χ4n) is 1.79. The van der Waals surface area contributed by atoms with Crippen LogP contribution in [0.2, 0.25) is 0 Å². The maximum atomic E-state index is 11.6. The number of H-pyrrole nitrogens is 1. The Balaban J connectivity index is 2.38. The summed E-state index contributed by atoms with van der Waals surface area (Å²) in [5.74, 6) is 0. The quantitative estimate of drug-likeness (QED) is 0.700. The van der Waals surface area contributed by atoms with E-state index in [0.29, 0.717) is 5.56 Å². The van der Waals surface area contributed by atoms with Gasteiger partial charge in [0, 0.05) is 25.3 Å². The van der Waals surface area contributed by atoms with Crippen LogP contribution < -0.4 is 11.2 Å². The summed E-state index contributed by atoms with van der Waals surface area (Å²) in [7, 11) is 1.46. The highest BCUT2D eigenvalue weighted by Gasteiger charge is 2.35. The molecule has 1 saturated heterocycles. The summed E-state index contributed by atoms with van der Waals surface area (Å²) in [6.45, 7) is 1.57. The van der Waals surface area contributed by atoms with Crippen molar-refractivity contribution in [3.8, 4) is 0 Å². The van der Waals surface area contributed by atoms with Gasteiger partial charge in [0.15, 0.2) is 12.5 Å². The van der Waals surface area contributed by atoms with Crippen molar-refractivity contribution in [1.29, 1.82) is 0 Å². The van der Waals surface area contributed by atoms with E-state index >= 15 is 0 Å². The van der Waals surface area contributed by atoms with E-state index in [1.54, 1.807) is 6.92 Å². The van der Waals surface area contributed by atoms with Crippen LogP contribution in [-0.4, -0.2) is 34.2 Å². The van der Waals surface area contributed by atoms with Crippen molar-refractivity contribution in [2.24, 2.45) is 0 Å². The van der Waals surface area contributed by atoms with E-state index < -0.39 is 29.9 Å². The number of aromatic nitrogens is 2. The van der Waals surface area contributed by atoms with Crippen molar-refractivity contribution in [3.05, 3.63) is 32.6 Å². The lowest BCUT2D eigenvalue weighted by Crippen LogP contribution is -2.36. The second-order valence-electron chi connectivity index (χ2n) is 3.97. The van der Waals surface area contributed by atoms with Crippen LogP contribution in [0.1, 0.15) is 18.2 Å². The minimum absolute atomic E-state index is 0.284. The first-order valence-electron chi connectivity index (χ1n) is 5.21. The third-order valence-electron chi connectivity index (χ3n) is 2.74. The average Bonchev–Trinajstić information content (AvgIpc) is 2.65. The Hall–Kier alpha value is -1.44. The molecule has 7 nitrogen and oxygen atoms in total. The molecule has 17 heavy (non-hydrogen) atoms. The largest absolute Gasteiger partial charge is 0.388 e. The van der Waals surface area contributed by atoms with Gasteiger partial charge in [0.05, 0.1) is 0 Å². The Morgan fingerprint density at radius 2 is 2.29 bits per heavy atom. The van der Waals surface area contributed by atoms with E-state index in [2.05, 4.69) is 4.98 Å². The molecule has 1 fully saturated rings. The molecule has 1 aliphatic rings. The summed E-state index contributed by atoms with van der Waals surface area (Å²) in [6, 6.07) is 0. The Morgan fingerprint density at radius 3 is 2.88 bits per heavy atom. The van der Waals surface area contributed by atoms with E-state index in [4.69, 9.17) is 9.47 Å². The van der Waals surface area contributed by atoms with Crippen molar-refractivity contribution in [3.63, 3.8) is 0 Å². The third kappa shape index (κ3) is 2.17. The topological polar surface area (TPSA) is 93.5 Å². The van der Waals surface area contributed by atoms with E-state index in [-0.39, 0.29) is 6.42 Å². The van der Waals surface area contributed by atoms with Gasteiger partial charge >= 0.3 is 5.69 Å². The molecular formula is C10H14N2O5. The summed E-state index contributed by atoms with van der Waals surface area (Å²) in [5.41, 5.74) is -0.676. The summed E-state index contributed by atoms with van der Waals surface area (Å²) in [4.78, 5) is 25.0. The van der Waals surface area contributed by atoms with E-state index in [9.17, 15) is 14.7 Å². The standard InChI is InChI=1S/C10H14N2O5/c1-5-4-12(10(15)11-8(5)14)9-6(13)3-7(16-2)17-9/h4,6-7,9,13H,3H2,1-2H3,(H,11,14,15)/t6?,7-,9+/m0/s1. The molecule has 2 heterocycles. The predicted molar refractivity (Wildman–Crippen MR) is 57.6 cm³/mol. The number of hydrogen-bond acceptors (Lipinski definition) is 5. The lowest BCUT2D eigenvalue weighted by Gasteiger charge is -2.17. The fourth-order valence-corrected chi connectivity index (χ4v) is 1.79. The number of rotatable bonds is 2. The van der Waals surface area contributed by atoms with Crippen LogP contribution >= 0.6 is 0 Å². The van der Waals surface area contributed by atoms with Gasteiger partial charge in [0.1, 0.15) is 6.10 Å². The molecule has 0 aliphatic carbocycles. The first kappa shape index (κ1) is 12.0. The zero-order chi connectivity index (χ0) is 12.6. The zero-order valence-corrected chi connectivity index (χ0v) is 9.54. The molecule has 0 aromatic carbocycles. The SMILES string of the molecule is CO[C@@H]1CC(O)[C@H](n2cc(C)c(=O)[nH]c2=O)O1. The number of ether oxygens (including phenoxy) is 2. The monoisotopic (exact) mass is 242 g/mol. The van der Waals surface area contributed by atoms with Crippen LogP contribution in [0.5, 0.6) is 0 Å². The minimum atomic E-state index is -0.844. The third-order valence-corrected chi connectivity index (χ3v) is 2.74. The van der Waals surface area contributed by atoms with E-state index in [1.165, 1.54) is 17.9 Å². The van der Waals surface area contributed by atoms with Crippen molar-refractivity contribution in [2.45, 2.75) is 32.0 Å². The van der Waals surface area contributed by atoms with E-state index in [0.717, 1.165) is 0 Å². The van der Waals surface area contributed by atoms with E-state index in [1.807, 2.05) is 0 Å². The van der Waals surface area contributed by atoms with Crippen molar-refractivity contribution in [1.82, 2.24) is 9.55 Å². The number of nitrogens with one attached hydrogen (secondary N) is 1.